The van der Waals surface area contributed by atoms with E-state index in [0.29, 0.717) is 12.2 Å². The number of rotatable bonds is 1. The smallest absolute Gasteiger partial charge is 0.158 e. The second-order valence-electron chi connectivity index (χ2n) is 3.34. The molecule has 0 radical (unpaired) electrons. The molecule has 1 aliphatic rings. The normalized spacial score (nSPS) is 20.9. The van der Waals surface area contributed by atoms with Crippen molar-refractivity contribution in [2.24, 2.45) is 0 Å². The highest BCUT2D eigenvalue weighted by molar-refractivity contribution is 5.99. The predicted molar refractivity (Wildman–Crippen MR) is 48.4 cm³/mol. The van der Waals surface area contributed by atoms with Crippen molar-refractivity contribution in [3.8, 4) is 0 Å². The van der Waals surface area contributed by atoms with E-state index in [1.54, 1.807) is 12.4 Å². The molecule has 0 aliphatic heterocycles. The zero-order valence-electron chi connectivity index (χ0n) is 6.97. The molecular formula is C10H8N2O. The van der Waals surface area contributed by atoms with Gasteiger partial charge in [-0.1, -0.05) is 0 Å². The lowest BCUT2D eigenvalue weighted by molar-refractivity contribution is -0.110. The zero-order chi connectivity index (χ0) is 8.84. The van der Waals surface area contributed by atoms with Crippen LogP contribution in [0.1, 0.15) is 12.5 Å². The average Bonchev–Trinajstić information content (AvgIpc) is 2.74. The summed E-state index contributed by atoms with van der Waals surface area (Å²) < 4.78 is 2.00. The molecule has 13 heavy (non-hydrogen) atoms. The third-order valence-electron chi connectivity index (χ3n) is 2.47. The SMILES string of the molecule is O=C1CC1n1ccc2ccncc21. The largest absolute Gasteiger partial charge is 0.335 e. The Kier molecular flexibility index (Phi) is 1.15. The van der Waals surface area contributed by atoms with E-state index in [-0.39, 0.29) is 6.04 Å². The van der Waals surface area contributed by atoms with Crippen molar-refractivity contribution in [3.63, 3.8) is 0 Å². The summed E-state index contributed by atoms with van der Waals surface area (Å²) in [6.07, 6.45) is 6.21. The van der Waals surface area contributed by atoms with E-state index < -0.39 is 0 Å². The lowest BCUT2D eigenvalue weighted by atomic mass is 10.3. The van der Waals surface area contributed by atoms with Crippen LogP contribution in [-0.4, -0.2) is 15.3 Å². The molecule has 1 unspecified atom stereocenters. The van der Waals surface area contributed by atoms with Gasteiger partial charge in [-0.05, 0) is 12.1 Å². The minimum absolute atomic E-state index is 0.0849. The van der Waals surface area contributed by atoms with Gasteiger partial charge in [0.2, 0.25) is 0 Å². The highest BCUT2D eigenvalue weighted by Crippen LogP contribution is 2.33. The molecule has 0 N–H and O–H groups in total. The highest BCUT2D eigenvalue weighted by atomic mass is 16.1. The maximum atomic E-state index is 11.0. The van der Waals surface area contributed by atoms with E-state index in [0.717, 1.165) is 10.9 Å². The fourth-order valence-electron chi connectivity index (χ4n) is 1.65. The van der Waals surface area contributed by atoms with Gasteiger partial charge in [0.15, 0.2) is 5.78 Å². The molecule has 2 aromatic rings. The van der Waals surface area contributed by atoms with Gasteiger partial charge >= 0.3 is 0 Å². The predicted octanol–water partition coefficient (Wildman–Crippen LogP) is 1.55. The van der Waals surface area contributed by atoms with Crippen molar-refractivity contribution in [2.45, 2.75) is 12.5 Å². The number of nitrogens with zero attached hydrogens (tertiary/aromatic N) is 2. The molecule has 0 bridgehead atoms. The average molecular weight is 172 g/mol. The van der Waals surface area contributed by atoms with Crippen molar-refractivity contribution in [2.75, 3.05) is 0 Å². The lowest BCUT2D eigenvalue weighted by Crippen LogP contribution is -1.93. The molecule has 0 spiro atoms. The monoisotopic (exact) mass is 172 g/mol. The van der Waals surface area contributed by atoms with Crippen LogP contribution in [-0.2, 0) is 4.79 Å². The highest BCUT2D eigenvalue weighted by Gasteiger charge is 2.36. The first-order chi connectivity index (χ1) is 6.36. The van der Waals surface area contributed by atoms with Gasteiger partial charge in [-0.3, -0.25) is 9.78 Å². The van der Waals surface area contributed by atoms with Gasteiger partial charge in [-0.2, -0.15) is 0 Å². The number of pyridine rings is 1. The Labute approximate surface area is 75.0 Å². The maximum Gasteiger partial charge on any atom is 0.158 e. The third-order valence-corrected chi connectivity index (χ3v) is 2.47. The van der Waals surface area contributed by atoms with Crippen molar-refractivity contribution < 1.29 is 4.79 Å². The quantitative estimate of drug-likeness (QED) is 0.654. The van der Waals surface area contributed by atoms with E-state index in [9.17, 15) is 4.79 Å². The summed E-state index contributed by atoms with van der Waals surface area (Å²) in [5, 5.41) is 1.15. The lowest BCUT2D eigenvalue weighted by Gasteiger charge is -1.98. The first kappa shape index (κ1) is 6.83. The standard InChI is InChI=1S/C10H8N2O/c13-10-5-8(10)12-4-2-7-1-3-11-6-9(7)12/h1-4,6,8H,5H2. The van der Waals surface area contributed by atoms with Gasteiger partial charge in [-0.15, -0.1) is 0 Å². The molecular weight excluding hydrogens is 164 g/mol. The Morgan fingerprint density at radius 2 is 2.31 bits per heavy atom. The molecule has 3 nitrogen and oxygen atoms in total. The number of hydrogen-bond acceptors (Lipinski definition) is 2. The van der Waals surface area contributed by atoms with Crippen LogP contribution in [0, 0.1) is 0 Å². The van der Waals surface area contributed by atoms with Crippen LogP contribution in [0.25, 0.3) is 10.9 Å². The van der Waals surface area contributed by atoms with Crippen LogP contribution in [0.5, 0.6) is 0 Å². The molecule has 0 amide bonds. The van der Waals surface area contributed by atoms with Crippen LogP contribution in [0.4, 0.5) is 0 Å². The molecule has 1 atom stereocenters. The topological polar surface area (TPSA) is 34.9 Å². The zero-order valence-corrected chi connectivity index (χ0v) is 6.97. The summed E-state index contributed by atoms with van der Waals surface area (Å²) in [6, 6.07) is 4.06. The summed E-state index contributed by atoms with van der Waals surface area (Å²) in [6.45, 7) is 0. The number of hydrogen-bond donors (Lipinski definition) is 0. The molecule has 0 saturated heterocycles. The van der Waals surface area contributed by atoms with Crippen LogP contribution in [0.3, 0.4) is 0 Å². The van der Waals surface area contributed by atoms with E-state index in [1.807, 2.05) is 22.9 Å². The Morgan fingerprint density at radius 1 is 1.46 bits per heavy atom. The van der Waals surface area contributed by atoms with Crippen molar-refractivity contribution in [3.05, 3.63) is 30.7 Å². The Hall–Kier alpha value is -1.64. The summed E-state index contributed by atoms with van der Waals surface area (Å²) in [7, 11) is 0. The van der Waals surface area contributed by atoms with Gasteiger partial charge in [0.05, 0.1) is 17.8 Å². The molecule has 1 fully saturated rings. The molecule has 2 heterocycles. The van der Waals surface area contributed by atoms with Crippen LogP contribution >= 0.6 is 0 Å². The van der Waals surface area contributed by atoms with Crippen LogP contribution < -0.4 is 0 Å². The molecule has 1 aliphatic carbocycles. The molecule has 2 aromatic heterocycles. The molecule has 1 saturated carbocycles. The molecule has 3 heteroatoms. The minimum Gasteiger partial charge on any atom is -0.335 e. The van der Waals surface area contributed by atoms with Gasteiger partial charge in [0.1, 0.15) is 0 Å². The molecule has 3 rings (SSSR count). The Morgan fingerprint density at radius 3 is 3.08 bits per heavy atom. The second kappa shape index (κ2) is 2.19. The van der Waals surface area contributed by atoms with Crippen LogP contribution in [0.15, 0.2) is 30.7 Å². The fourth-order valence-corrected chi connectivity index (χ4v) is 1.65. The van der Waals surface area contributed by atoms with E-state index in [2.05, 4.69) is 4.98 Å². The number of carbonyl (C=O) groups is 1. The van der Waals surface area contributed by atoms with E-state index >= 15 is 0 Å². The first-order valence-electron chi connectivity index (χ1n) is 4.29. The maximum absolute atomic E-state index is 11.0. The Balaban J connectivity index is 2.24. The molecule has 0 aromatic carbocycles. The minimum atomic E-state index is 0.0849. The number of Topliss-reactive ketones (excluding diaryl/α,β-unsaturated/α-hetero) is 1. The van der Waals surface area contributed by atoms with Crippen LogP contribution in [0.2, 0.25) is 0 Å². The summed E-state index contributed by atoms with van der Waals surface area (Å²) in [5.74, 6) is 0.321. The summed E-state index contributed by atoms with van der Waals surface area (Å²) in [5.41, 5.74) is 1.05. The van der Waals surface area contributed by atoms with Gasteiger partial charge in [-0.25, -0.2) is 0 Å². The van der Waals surface area contributed by atoms with Crippen molar-refractivity contribution in [1.82, 2.24) is 9.55 Å². The van der Waals surface area contributed by atoms with Gasteiger partial charge < -0.3 is 4.57 Å². The van der Waals surface area contributed by atoms with Gasteiger partial charge in [0.25, 0.3) is 0 Å². The summed E-state index contributed by atoms with van der Waals surface area (Å²) in [4.78, 5) is 15.0. The summed E-state index contributed by atoms with van der Waals surface area (Å²) >= 11 is 0. The van der Waals surface area contributed by atoms with E-state index in [1.165, 1.54) is 0 Å². The number of aromatic nitrogens is 2. The third kappa shape index (κ3) is 0.900. The van der Waals surface area contributed by atoms with E-state index in [4.69, 9.17) is 0 Å². The second-order valence-corrected chi connectivity index (χ2v) is 3.34. The number of carbonyl (C=O) groups excluding carboxylic acids is 1. The van der Waals surface area contributed by atoms with Crippen molar-refractivity contribution >= 4 is 16.7 Å². The number of ketones is 1. The Bertz CT molecular complexity index is 486. The first-order valence-corrected chi connectivity index (χ1v) is 4.29. The fraction of sp³-hybridized carbons (Fsp3) is 0.200. The van der Waals surface area contributed by atoms with Crippen molar-refractivity contribution in [1.29, 1.82) is 0 Å². The van der Waals surface area contributed by atoms with Gasteiger partial charge in [0, 0.05) is 24.2 Å². The molecule has 64 valence electrons. The number of fused-ring (bicyclic) bond motifs is 1.